The van der Waals surface area contributed by atoms with Crippen molar-refractivity contribution >= 4 is 56.9 Å². The van der Waals surface area contributed by atoms with Crippen molar-refractivity contribution in [2.75, 3.05) is 32.1 Å². The summed E-state index contributed by atoms with van der Waals surface area (Å²) in [7, 11) is 1.64. The van der Waals surface area contributed by atoms with Gasteiger partial charge in [-0.3, -0.25) is 14.5 Å². The number of aromatic nitrogens is 2. The van der Waals surface area contributed by atoms with Gasteiger partial charge in [-0.05, 0) is 69.5 Å². The number of alkyl carbamates (subject to hydrolysis) is 1. The quantitative estimate of drug-likeness (QED) is 0.189. The molecule has 2 unspecified atom stereocenters. The lowest BCUT2D eigenvalue weighted by atomic mass is 9.85. The molecule has 1 aromatic carbocycles. The zero-order valence-electron chi connectivity index (χ0n) is 32.4. The van der Waals surface area contributed by atoms with Gasteiger partial charge >= 0.3 is 6.09 Å². The standard InChI is InChI=1S/C39H50ClF2N7O6S/c1-19(2)44-36-46-27(17-56-36)26-13-30(25-7-8-29(31(40)32(25)45-26)53-16-22-14-39(41,42)18-48(22)6)54-24-12-28(34(43)50)49(15-24)35(51)33(38(3,4)5)47-37(52)55-23-10-20-9-21(20)11-23/h7-8,13,17,19-24,28,33H,9-12,14-16,18H2,1-6H3,(H2,43,50)(H,44,46)(H,47,52)/t20-,21+,22-,23?,24?,28-,33+/m0/s1. The van der Waals surface area contributed by atoms with E-state index in [0.717, 1.165) is 12.8 Å². The number of pyridine rings is 1. The molecule has 3 aromatic rings. The molecule has 0 spiro atoms. The van der Waals surface area contributed by atoms with Gasteiger partial charge in [0.1, 0.15) is 53.1 Å². The van der Waals surface area contributed by atoms with E-state index in [0.29, 0.717) is 45.0 Å². The number of nitrogens with one attached hydrogen (secondary N) is 2. The van der Waals surface area contributed by atoms with Crippen LogP contribution in [0.15, 0.2) is 23.6 Å². The Hall–Kier alpha value is -4.02. The Balaban J connectivity index is 1.15. The monoisotopic (exact) mass is 817 g/mol. The van der Waals surface area contributed by atoms with E-state index >= 15 is 0 Å². The second kappa shape index (κ2) is 15.4. The molecule has 2 aromatic heterocycles. The fraction of sp³-hybridized carbons (Fsp3) is 0.615. The SMILES string of the molecule is CC(C)Nc1nc(-c2cc(OC3C[C@@H](C(N)=O)N(C(=O)[C@@H](NC(=O)OC4C[C@@H]5C[C@@H]5C4)C(C)(C)C)C3)c3ccc(OC[C@@H]4CC(F)(F)CN4C)c(Cl)c3n2)cs1. The molecule has 0 radical (unpaired) electrons. The van der Waals surface area contributed by atoms with Crippen molar-refractivity contribution in [1.82, 2.24) is 25.1 Å². The van der Waals surface area contributed by atoms with Gasteiger partial charge in [0, 0.05) is 41.8 Å². The van der Waals surface area contributed by atoms with Gasteiger partial charge in [-0.1, -0.05) is 32.4 Å². The molecule has 4 fully saturated rings. The van der Waals surface area contributed by atoms with E-state index in [4.69, 9.17) is 41.5 Å². The molecule has 3 amide bonds. The highest BCUT2D eigenvalue weighted by atomic mass is 35.5. The Morgan fingerprint density at radius 3 is 2.45 bits per heavy atom. The van der Waals surface area contributed by atoms with Crippen molar-refractivity contribution in [3.63, 3.8) is 0 Å². The van der Waals surface area contributed by atoms with E-state index in [1.54, 1.807) is 30.1 Å². The maximum absolute atomic E-state index is 14.3. The first-order valence-corrected chi connectivity index (χ1v) is 20.4. The van der Waals surface area contributed by atoms with E-state index in [9.17, 15) is 23.2 Å². The van der Waals surface area contributed by atoms with Crippen LogP contribution in [0.2, 0.25) is 5.02 Å². The molecule has 7 rings (SSSR count). The maximum atomic E-state index is 14.3. The summed E-state index contributed by atoms with van der Waals surface area (Å²) in [5.74, 6) is -2.09. The van der Waals surface area contributed by atoms with Crippen molar-refractivity contribution in [2.45, 2.75) is 109 Å². The highest BCUT2D eigenvalue weighted by molar-refractivity contribution is 7.14. The molecule has 2 saturated carbocycles. The molecule has 4 N–H and O–H groups in total. The van der Waals surface area contributed by atoms with Crippen molar-refractivity contribution in [1.29, 1.82) is 0 Å². The number of halogens is 3. The molecule has 2 saturated heterocycles. The number of ether oxygens (including phenoxy) is 3. The number of likely N-dealkylation sites (N-methyl/N-ethyl adjacent to an activating group) is 1. The third-order valence-electron chi connectivity index (χ3n) is 11.1. The van der Waals surface area contributed by atoms with E-state index in [1.807, 2.05) is 40.0 Å². The second-order valence-electron chi connectivity index (χ2n) is 17.1. The molecule has 7 atom stereocenters. The van der Waals surface area contributed by atoms with Gasteiger partial charge in [0.2, 0.25) is 11.8 Å². The molecule has 2 aliphatic heterocycles. The Kier molecular flexibility index (Phi) is 11.0. The van der Waals surface area contributed by atoms with Gasteiger partial charge in [0.15, 0.2) is 5.13 Å². The minimum Gasteiger partial charge on any atom is -0.490 e. The van der Waals surface area contributed by atoms with Crippen LogP contribution in [0.5, 0.6) is 11.5 Å². The fourth-order valence-corrected chi connectivity index (χ4v) is 9.25. The van der Waals surface area contributed by atoms with Crippen LogP contribution in [0.25, 0.3) is 22.3 Å². The number of amides is 3. The van der Waals surface area contributed by atoms with Crippen molar-refractivity contribution < 1.29 is 37.4 Å². The number of hydrogen-bond donors (Lipinski definition) is 3. The average Bonchev–Trinajstić information content (AvgIpc) is 3.50. The number of alkyl halides is 2. The van der Waals surface area contributed by atoms with Gasteiger partial charge < -0.3 is 35.5 Å². The fourth-order valence-electron chi connectivity index (χ4n) is 8.13. The minimum atomic E-state index is -2.80. The number of benzene rings is 1. The summed E-state index contributed by atoms with van der Waals surface area (Å²) in [4.78, 5) is 52.7. The molecule has 13 nitrogen and oxygen atoms in total. The summed E-state index contributed by atoms with van der Waals surface area (Å²) < 4.78 is 46.5. The van der Waals surface area contributed by atoms with E-state index in [-0.39, 0.29) is 55.5 Å². The molecular weight excluding hydrogens is 768 g/mol. The number of fused-ring (bicyclic) bond motifs is 2. The Labute approximate surface area is 333 Å². The normalized spacial score (nSPS) is 26.3. The first kappa shape index (κ1) is 40.2. The van der Waals surface area contributed by atoms with Crippen LogP contribution in [0.1, 0.15) is 66.7 Å². The van der Waals surface area contributed by atoms with Crippen molar-refractivity contribution in [3.05, 3.63) is 28.6 Å². The summed E-state index contributed by atoms with van der Waals surface area (Å²) in [5.41, 5.74) is 6.49. The molecule has 4 heterocycles. The summed E-state index contributed by atoms with van der Waals surface area (Å²) in [5, 5.41) is 9.32. The number of hydrogen-bond acceptors (Lipinski definition) is 11. The van der Waals surface area contributed by atoms with Crippen LogP contribution in [-0.2, 0) is 14.3 Å². The average molecular weight is 818 g/mol. The second-order valence-corrected chi connectivity index (χ2v) is 18.4. The lowest BCUT2D eigenvalue weighted by Crippen LogP contribution is -2.57. The summed E-state index contributed by atoms with van der Waals surface area (Å²) in [6.45, 7) is 9.17. The topological polar surface area (TPSA) is 161 Å². The Morgan fingerprint density at radius 2 is 1.80 bits per heavy atom. The van der Waals surface area contributed by atoms with E-state index in [1.165, 1.54) is 22.7 Å². The lowest BCUT2D eigenvalue weighted by Gasteiger charge is -2.35. The van der Waals surface area contributed by atoms with Crippen LogP contribution >= 0.6 is 22.9 Å². The predicted octanol–water partition coefficient (Wildman–Crippen LogP) is 6.32. The summed E-state index contributed by atoms with van der Waals surface area (Å²) in [6.07, 6.45) is 1.12. The van der Waals surface area contributed by atoms with Crippen LogP contribution in [0.4, 0.5) is 18.7 Å². The third-order valence-corrected chi connectivity index (χ3v) is 12.3. The largest absolute Gasteiger partial charge is 0.490 e. The van der Waals surface area contributed by atoms with Gasteiger partial charge in [-0.2, -0.15) is 0 Å². The minimum absolute atomic E-state index is 0.000770. The number of carbonyl (C=O) groups excluding carboxylic acids is 3. The number of rotatable bonds is 12. The van der Waals surface area contributed by atoms with Crippen LogP contribution < -0.4 is 25.8 Å². The molecule has 0 bridgehead atoms. The van der Waals surface area contributed by atoms with Gasteiger partial charge in [0.25, 0.3) is 5.92 Å². The zero-order chi connectivity index (χ0) is 40.3. The number of anilines is 1. The number of likely N-dealkylation sites (tertiary alicyclic amines) is 2. The zero-order valence-corrected chi connectivity index (χ0v) is 34.0. The number of carbonyl (C=O) groups is 3. The maximum Gasteiger partial charge on any atom is 0.408 e. The molecule has 2 aliphatic carbocycles. The first-order valence-electron chi connectivity index (χ1n) is 19.2. The highest BCUT2D eigenvalue weighted by Gasteiger charge is 2.49. The summed E-state index contributed by atoms with van der Waals surface area (Å²) >= 11 is 8.37. The smallest absolute Gasteiger partial charge is 0.408 e. The first-order chi connectivity index (χ1) is 26.3. The molecule has 4 aliphatic rings. The Morgan fingerprint density at radius 1 is 1.07 bits per heavy atom. The van der Waals surface area contributed by atoms with Crippen LogP contribution in [0, 0.1) is 17.3 Å². The molecule has 17 heteroatoms. The molecule has 304 valence electrons. The van der Waals surface area contributed by atoms with E-state index in [2.05, 4.69) is 10.6 Å². The predicted molar refractivity (Wildman–Crippen MR) is 209 cm³/mol. The van der Waals surface area contributed by atoms with Gasteiger partial charge in [0.05, 0.1) is 24.3 Å². The van der Waals surface area contributed by atoms with Crippen molar-refractivity contribution in [2.24, 2.45) is 23.0 Å². The third kappa shape index (κ3) is 8.76. The number of primary amides is 1. The Bertz CT molecular complexity index is 1980. The van der Waals surface area contributed by atoms with Crippen molar-refractivity contribution in [3.8, 4) is 22.9 Å². The van der Waals surface area contributed by atoms with Gasteiger partial charge in [-0.25, -0.2) is 23.5 Å². The number of thiazole rings is 1. The molecule has 56 heavy (non-hydrogen) atoms. The lowest BCUT2D eigenvalue weighted by molar-refractivity contribution is -0.141. The highest BCUT2D eigenvalue weighted by Crippen LogP contribution is 2.52. The number of nitrogens with two attached hydrogens (primary N) is 1. The molecular formula is C39H50ClF2N7O6S. The number of nitrogens with zero attached hydrogens (tertiary/aromatic N) is 4. The summed E-state index contributed by atoms with van der Waals surface area (Å²) in [6, 6.07) is 2.74. The van der Waals surface area contributed by atoms with Crippen LogP contribution in [0.3, 0.4) is 0 Å². The van der Waals surface area contributed by atoms with Crippen LogP contribution in [-0.4, -0.2) is 107 Å². The van der Waals surface area contributed by atoms with E-state index < -0.39 is 53.5 Å². The van der Waals surface area contributed by atoms with Gasteiger partial charge in [-0.15, -0.1) is 11.3 Å².